The number of nitrogens with two attached hydrogens (primary N) is 1. The van der Waals surface area contributed by atoms with Gasteiger partial charge in [0.2, 0.25) is 0 Å². The van der Waals surface area contributed by atoms with Crippen LogP contribution >= 0.6 is 0 Å². The molecule has 6 nitrogen and oxygen atoms in total. The molecule has 0 heterocycles. The second-order valence-electron chi connectivity index (χ2n) is 8.51. The summed E-state index contributed by atoms with van der Waals surface area (Å²) in [5.74, 6) is -0.0465. The van der Waals surface area contributed by atoms with Crippen LogP contribution in [-0.2, 0) is 4.74 Å². The second-order valence-corrected chi connectivity index (χ2v) is 8.51. The van der Waals surface area contributed by atoms with Crippen LogP contribution in [-0.4, -0.2) is 35.6 Å². The highest BCUT2D eigenvalue weighted by Crippen LogP contribution is 2.44. The molecule has 0 bridgehead atoms. The third-order valence-electron chi connectivity index (χ3n) is 6.47. The van der Waals surface area contributed by atoms with Crippen LogP contribution in [0.3, 0.4) is 0 Å². The Hall–Kier alpha value is -3.87. The van der Waals surface area contributed by atoms with Gasteiger partial charge in [-0.25, -0.2) is 4.79 Å². The van der Waals surface area contributed by atoms with E-state index in [1.54, 1.807) is 24.3 Å². The Kier molecular flexibility index (Phi) is 5.92. The summed E-state index contributed by atoms with van der Waals surface area (Å²) >= 11 is 0. The fourth-order valence-corrected chi connectivity index (χ4v) is 4.77. The minimum Gasteiger partial charge on any atom is -0.449 e. The summed E-state index contributed by atoms with van der Waals surface area (Å²) in [7, 11) is 0. The van der Waals surface area contributed by atoms with Gasteiger partial charge in [-0.3, -0.25) is 0 Å². The van der Waals surface area contributed by atoms with E-state index >= 15 is 0 Å². The molecule has 5 N–H and O–H groups in total. The number of ether oxygens (including phenoxy) is 1. The number of hydrogen-bond donors (Lipinski definition) is 4. The van der Waals surface area contributed by atoms with E-state index in [2.05, 4.69) is 29.6 Å². The lowest BCUT2D eigenvalue weighted by Gasteiger charge is -2.21. The summed E-state index contributed by atoms with van der Waals surface area (Å²) in [6.07, 6.45) is -3.05. The van der Waals surface area contributed by atoms with Gasteiger partial charge in [-0.2, -0.15) is 0 Å². The minimum atomic E-state index is -1.22. The van der Waals surface area contributed by atoms with Gasteiger partial charge in [0.25, 0.3) is 0 Å². The first-order valence-electron chi connectivity index (χ1n) is 11.3. The van der Waals surface area contributed by atoms with Gasteiger partial charge < -0.3 is 26.0 Å². The summed E-state index contributed by atoms with van der Waals surface area (Å²) < 4.78 is 5.50. The maximum absolute atomic E-state index is 12.4. The molecule has 34 heavy (non-hydrogen) atoms. The molecule has 0 aromatic heterocycles. The highest BCUT2D eigenvalue weighted by Gasteiger charge is 2.29. The van der Waals surface area contributed by atoms with E-state index in [9.17, 15) is 15.0 Å². The average Bonchev–Trinajstić information content (AvgIpc) is 3.19. The number of benzene rings is 4. The Labute approximate surface area is 197 Å². The van der Waals surface area contributed by atoms with Crippen molar-refractivity contribution in [2.24, 2.45) is 0 Å². The molecule has 6 heteroatoms. The monoisotopic (exact) mass is 454 g/mol. The molecule has 172 valence electrons. The minimum absolute atomic E-state index is 0.0465. The Balaban J connectivity index is 1.22. The molecule has 0 spiro atoms. The van der Waals surface area contributed by atoms with Crippen molar-refractivity contribution in [1.82, 2.24) is 5.32 Å². The number of hydrogen-bond acceptors (Lipinski definition) is 5. The van der Waals surface area contributed by atoms with E-state index in [0.29, 0.717) is 11.3 Å². The Morgan fingerprint density at radius 2 is 1.47 bits per heavy atom. The van der Waals surface area contributed by atoms with Gasteiger partial charge >= 0.3 is 6.09 Å². The van der Waals surface area contributed by atoms with Gasteiger partial charge in [-0.05, 0) is 39.3 Å². The number of aliphatic hydroxyl groups is 2. The maximum Gasteiger partial charge on any atom is 0.407 e. The second kappa shape index (κ2) is 9.17. The number of nitrogen functional groups attached to an aromatic ring is 1. The van der Waals surface area contributed by atoms with E-state index < -0.39 is 18.3 Å². The number of alkyl carbamates (subject to hydrolysis) is 1. The van der Waals surface area contributed by atoms with Crippen LogP contribution in [0.5, 0.6) is 0 Å². The molecular weight excluding hydrogens is 428 g/mol. The lowest BCUT2D eigenvalue weighted by molar-refractivity contribution is 0.0194. The van der Waals surface area contributed by atoms with Crippen LogP contribution in [0.4, 0.5) is 10.5 Å². The van der Waals surface area contributed by atoms with Crippen molar-refractivity contribution in [2.45, 2.75) is 18.1 Å². The van der Waals surface area contributed by atoms with Gasteiger partial charge in [-0.1, -0.05) is 78.9 Å². The van der Waals surface area contributed by atoms with E-state index in [1.165, 1.54) is 0 Å². The van der Waals surface area contributed by atoms with Crippen molar-refractivity contribution in [1.29, 1.82) is 0 Å². The van der Waals surface area contributed by atoms with Crippen LogP contribution in [0.25, 0.3) is 21.9 Å². The number of fused-ring (bicyclic) bond motifs is 4. The largest absolute Gasteiger partial charge is 0.449 e. The van der Waals surface area contributed by atoms with Crippen molar-refractivity contribution >= 4 is 22.6 Å². The zero-order chi connectivity index (χ0) is 23.7. The summed E-state index contributed by atoms with van der Waals surface area (Å²) in [6.45, 7) is 0.0254. The number of nitrogens with one attached hydrogen (secondary N) is 1. The number of rotatable bonds is 6. The molecule has 0 fully saturated rings. The summed E-state index contributed by atoms with van der Waals surface area (Å²) in [5.41, 5.74) is 11.7. The molecule has 4 aromatic carbocycles. The molecule has 0 radical (unpaired) electrons. The normalized spacial score (nSPS) is 14.3. The Morgan fingerprint density at radius 3 is 2.18 bits per heavy atom. The Morgan fingerprint density at radius 1 is 0.853 bits per heavy atom. The predicted molar refractivity (Wildman–Crippen MR) is 132 cm³/mol. The number of anilines is 1. The number of carbonyl (C=O) groups excluding carboxylic acids is 1. The van der Waals surface area contributed by atoms with E-state index in [-0.39, 0.29) is 19.1 Å². The first-order chi connectivity index (χ1) is 16.5. The first-order valence-corrected chi connectivity index (χ1v) is 11.3. The molecule has 1 aliphatic rings. The number of aliphatic hydroxyl groups excluding tert-OH is 2. The van der Waals surface area contributed by atoms with Crippen LogP contribution < -0.4 is 11.1 Å². The SMILES string of the molecule is Nc1cccc2c(C(O)C(O)CNC(=O)OCC3c4ccccc4-c4ccccc43)cccc12. The summed E-state index contributed by atoms with van der Waals surface area (Å²) in [4.78, 5) is 12.4. The van der Waals surface area contributed by atoms with Gasteiger partial charge in [-0.15, -0.1) is 0 Å². The highest BCUT2D eigenvalue weighted by molar-refractivity contribution is 5.95. The van der Waals surface area contributed by atoms with E-state index in [1.807, 2.05) is 36.4 Å². The third kappa shape index (κ3) is 3.98. The molecule has 2 atom stereocenters. The van der Waals surface area contributed by atoms with Crippen LogP contribution in [0.1, 0.15) is 28.7 Å². The number of amides is 1. The van der Waals surface area contributed by atoms with Crippen LogP contribution in [0, 0.1) is 0 Å². The van der Waals surface area contributed by atoms with Crippen molar-refractivity contribution in [3.05, 3.63) is 102 Å². The molecule has 1 amide bonds. The molecule has 4 aromatic rings. The fraction of sp³-hybridized carbons (Fsp3) is 0.179. The molecule has 0 saturated carbocycles. The van der Waals surface area contributed by atoms with Crippen molar-refractivity contribution in [2.75, 3.05) is 18.9 Å². The maximum atomic E-state index is 12.4. The molecule has 2 unspecified atom stereocenters. The zero-order valence-corrected chi connectivity index (χ0v) is 18.5. The number of carbonyl (C=O) groups is 1. The van der Waals surface area contributed by atoms with Crippen molar-refractivity contribution < 1.29 is 19.7 Å². The predicted octanol–water partition coefficient (Wildman–Crippen LogP) is 4.36. The molecule has 1 aliphatic carbocycles. The molecule has 0 saturated heterocycles. The topological polar surface area (TPSA) is 105 Å². The van der Waals surface area contributed by atoms with Crippen LogP contribution in [0.2, 0.25) is 0 Å². The first kappa shape index (κ1) is 21.9. The lowest BCUT2D eigenvalue weighted by Crippen LogP contribution is -2.36. The average molecular weight is 455 g/mol. The smallest absolute Gasteiger partial charge is 0.407 e. The summed E-state index contributed by atoms with van der Waals surface area (Å²) in [5, 5.41) is 25.4. The standard InChI is InChI=1S/C28H26N2O4/c29-25-14-6-11-21-22(25)12-5-13-23(21)27(32)26(31)15-30-28(33)34-16-24-19-9-3-1-7-17(19)18-8-2-4-10-20(18)24/h1-14,24,26-27,31-32H,15-16,29H2,(H,30,33). The molecular formula is C28H26N2O4. The highest BCUT2D eigenvalue weighted by atomic mass is 16.5. The third-order valence-corrected chi connectivity index (χ3v) is 6.47. The zero-order valence-electron chi connectivity index (χ0n) is 18.5. The van der Waals surface area contributed by atoms with Crippen molar-refractivity contribution in [3.63, 3.8) is 0 Å². The van der Waals surface area contributed by atoms with E-state index in [4.69, 9.17) is 10.5 Å². The van der Waals surface area contributed by atoms with Crippen LogP contribution in [0.15, 0.2) is 84.9 Å². The Bertz CT molecular complexity index is 1310. The molecule has 5 rings (SSSR count). The van der Waals surface area contributed by atoms with E-state index in [0.717, 1.165) is 33.0 Å². The summed E-state index contributed by atoms with van der Waals surface area (Å²) in [6, 6.07) is 27.0. The van der Waals surface area contributed by atoms with Gasteiger partial charge in [0.1, 0.15) is 18.8 Å². The van der Waals surface area contributed by atoms with Crippen molar-refractivity contribution in [3.8, 4) is 11.1 Å². The fourth-order valence-electron chi connectivity index (χ4n) is 4.77. The lowest BCUT2D eigenvalue weighted by atomic mass is 9.96. The quantitative estimate of drug-likeness (QED) is 0.324. The molecule has 0 aliphatic heterocycles. The van der Waals surface area contributed by atoms with Gasteiger partial charge in [0.05, 0.1) is 0 Å². The van der Waals surface area contributed by atoms with Gasteiger partial charge in [0, 0.05) is 23.5 Å². The van der Waals surface area contributed by atoms with Gasteiger partial charge in [0.15, 0.2) is 0 Å².